The summed E-state index contributed by atoms with van der Waals surface area (Å²) < 4.78 is 15.1. The molecule has 0 amide bonds. The molecule has 3 heteroatoms. The Bertz CT molecular complexity index is 525. The first-order valence-corrected chi connectivity index (χ1v) is 7.22. The predicted molar refractivity (Wildman–Crippen MR) is 75.5 cm³/mol. The first-order chi connectivity index (χ1) is 8.79. The zero-order chi connectivity index (χ0) is 12.8. The number of benzene rings is 2. The highest BCUT2D eigenvalue weighted by molar-refractivity contribution is 7.83. The number of rotatable bonds is 5. The van der Waals surface area contributed by atoms with Crippen molar-refractivity contribution < 1.29 is 4.21 Å². The monoisotopic (exact) mass is 259 g/mol. The summed E-state index contributed by atoms with van der Waals surface area (Å²) >= 11 is 0. The molecule has 0 fully saturated rings. The van der Waals surface area contributed by atoms with E-state index < -0.39 is 11.0 Å². The molecule has 0 heterocycles. The van der Waals surface area contributed by atoms with E-state index in [2.05, 4.69) is 17.7 Å². The normalized spacial score (nSPS) is 12.3. The van der Waals surface area contributed by atoms with Crippen LogP contribution in [-0.4, -0.2) is 4.21 Å². The third kappa shape index (κ3) is 3.52. The maximum atomic E-state index is 12.1. The van der Waals surface area contributed by atoms with Gasteiger partial charge in [0.25, 0.3) is 0 Å². The van der Waals surface area contributed by atoms with Gasteiger partial charge in [-0.05, 0) is 29.7 Å². The van der Waals surface area contributed by atoms with Crippen LogP contribution in [0.1, 0.15) is 18.1 Å². The molecule has 0 aliphatic carbocycles. The molecule has 0 spiro atoms. The second-order valence-corrected chi connectivity index (χ2v) is 5.37. The molecule has 0 saturated heterocycles. The van der Waals surface area contributed by atoms with Crippen molar-refractivity contribution in [1.29, 1.82) is 0 Å². The van der Waals surface area contributed by atoms with E-state index in [0.717, 1.165) is 16.9 Å². The molecule has 2 nitrogen and oxygen atoms in total. The largest absolute Gasteiger partial charge is 0.237 e. The maximum Gasteiger partial charge on any atom is 0.125 e. The molecule has 0 saturated carbocycles. The van der Waals surface area contributed by atoms with Crippen LogP contribution in [-0.2, 0) is 24.0 Å². The van der Waals surface area contributed by atoms with Crippen molar-refractivity contribution >= 4 is 11.0 Å². The van der Waals surface area contributed by atoms with Gasteiger partial charge in [-0.25, -0.2) is 8.93 Å². The van der Waals surface area contributed by atoms with E-state index >= 15 is 0 Å². The van der Waals surface area contributed by atoms with Crippen LogP contribution in [0.25, 0.3) is 0 Å². The van der Waals surface area contributed by atoms with Crippen molar-refractivity contribution in [3.63, 3.8) is 0 Å². The molecule has 1 unspecified atom stereocenters. The first-order valence-electron chi connectivity index (χ1n) is 6.07. The van der Waals surface area contributed by atoms with Crippen LogP contribution in [0.5, 0.6) is 0 Å². The van der Waals surface area contributed by atoms with Crippen LogP contribution in [0, 0.1) is 0 Å². The third-order valence-electron chi connectivity index (χ3n) is 2.77. The van der Waals surface area contributed by atoms with Gasteiger partial charge in [0, 0.05) is 6.54 Å². The van der Waals surface area contributed by atoms with E-state index in [1.54, 1.807) is 0 Å². The maximum absolute atomic E-state index is 12.1. The van der Waals surface area contributed by atoms with Crippen molar-refractivity contribution in [2.75, 3.05) is 0 Å². The molecule has 0 aromatic heterocycles. The molecule has 0 aliphatic heterocycles. The van der Waals surface area contributed by atoms with Crippen LogP contribution in [0.15, 0.2) is 59.5 Å². The van der Waals surface area contributed by atoms with Gasteiger partial charge in [0.05, 0.1) is 4.90 Å². The zero-order valence-corrected chi connectivity index (χ0v) is 11.2. The Morgan fingerprint density at radius 3 is 2.44 bits per heavy atom. The highest BCUT2D eigenvalue weighted by atomic mass is 32.2. The fourth-order valence-corrected chi connectivity index (χ4v) is 2.63. The van der Waals surface area contributed by atoms with Gasteiger partial charge in [0.1, 0.15) is 11.0 Å². The van der Waals surface area contributed by atoms with Crippen LogP contribution >= 0.6 is 0 Å². The summed E-state index contributed by atoms with van der Waals surface area (Å²) in [6.07, 6.45) is 0.962. The molecule has 2 aromatic rings. The number of hydrogen-bond donors (Lipinski definition) is 1. The molecule has 0 aliphatic rings. The lowest BCUT2D eigenvalue weighted by molar-refractivity contribution is 0.671. The lowest BCUT2D eigenvalue weighted by atomic mass is 10.2. The van der Waals surface area contributed by atoms with Crippen LogP contribution in [0.4, 0.5) is 0 Å². The van der Waals surface area contributed by atoms with Crippen LogP contribution < -0.4 is 4.72 Å². The van der Waals surface area contributed by atoms with Gasteiger partial charge in [-0.1, -0.05) is 49.4 Å². The number of aryl methyl sites for hydroxylation is 1. The Morgan fingerprint density at radius 2 is 1.72 bits per heavy atom. The molecule has 18 heavy (non-hydrogen) atoms. The molecular formula is C15H17NOS. The Balaban J connectivity index is 1.99. The topological polar surface area (TPSA) is 29.1 Å². The minimum absolute atomic E-state index is 0.615. The van der Waals surface area contributed by atoms with Gasteiger partial charge in [0.15, 0.2) is 0 Å². The van der Waals surface area contributed by atoms with E-state index in [1.165, 1.54) is 5.56 Å². The number of hydrogen-bond acceptors (Lipinski definition) is 1. The Hall–Kier alpha value is -1.45. The van der Waals surface area contributed by atoms with E-state index in [1.807, 2.05) is 48.5 Å². The molecular weight excluding hydrogens is 242 g/mol. The quantitative estimate of drug-likeness (QED) is 0.878. The van der Waals surface area contributed by atoms with Gasteiger partial charge in [-0.2, -0.15) is 0 Å². The van der Waals surface area contributed by atoms with Gasteiger partial charge in [-0.15, -0.1) is 0 Å². The molecule has 0 bridgehead atoms. The fourth-order valence-electron chi connectivity index (χ4n) is 1.71. The summed E-state index contributed by atoms with van der Waals surface area (Å²) in [7, 11) is -1.15. The minimum atomic E-state index is -1.15. The average Bonchev–Trinajstić information content (AvgIpc) is 2.46. The van der Waals surface area contributed by atoms with E-state index in [-0.39, 0.29) is 0 Å². The molecule has 94 valence electrons. The van der Waals surface area contributed by atoms with E-state index in [9.17, 15) is 4.21 Å². The van der Waals surface area contributed by atoms with Crippen LogP contribution in [0.3, 0.4) is 0 Å². The Morgan fingerprint density at radius 1 is 1.00 bits per heavy atom. The van der Waals surface area contributed by atoms with Crippen molar-refractivity contribution in [2.45, 2.75) is 24.8 Å². The lowest BCUT2D eigenvalue weighted by Crippen LogP contribution is -2.16. The summed E-state index contributed by atoms with van der Waals surface area (Å²) in [4.78, 5) is 0.838. The van der Waals surface area contributed by atoms with Gasteiger partial charge in [0.2, 0.25) is 0 Å². The highest BCUT2D eigenvalue weighted by Gasteiger charge is 2.03. The van der Waals surface area contributed by atoms with E-state index in [4.69, 9.17) is 0 Å². The number of nitrogens with one attached hydrogen (secondary N) is 1. The standard InChI is InChI=1S/C15H17NOS/c1-2-13-9-6-10-15(11-13)18(17)16-12-14-7-4-3-5-8-14/h3-11,16H,2,12H2,1H3. The summed E-state index contributed by atoms with van der Waals surface area (Å²) in [6, 6.07) is 17.9. The summed E-state index contributed by atoms with van der Waals surface area (Å²) in [5.74, 6) is 0. The molecule has 1 atom stereocenters. The zero-order valence-electron chi connectivity index (χ0n) is 10.4. The van der Waals surface area contributed by atoms with Crippen molar-refractivity contribution in [3.8, 4) is 0 Å². The Kier molecular flexibility index (Phi) is 4.67. The SMILES string of the molecule is CCc1cccc(S(=O)NCc2ccccc2)c1. The van der Waals surface area contributed by atoms with Gasteiger partial charge >= 0.3 is 0 Å². The molecule has 2 rings (SSSR count). The fraction of sp³-hybridized carbons (Fsp3) is 0.200. The summed E-state index contributed by atoms with van der Waals surface area (Å²) in [6.45, 7) is 2.71. The molecule has 0 radical (unpaired) electrons. The van der Waals surface area contributed by atoms with Gasteiger partial charge in [-0.3, -0.25) is 0 Å². The first kappa shape index (κ1) is 13.0. The molecule has 1 N–H and O–H groups in total. The predicted octanol–water partition coefficient (Wildman–Crippen LogP) is 3.06. The highest BCUT2D eigenvalue weighted by Crippen LogP contribution is 2.09. The average molecular weight is 259 g/mol. The summed E-state index contributed by atoms with van der Waals surface area (Å²) in [5.41, 5.74) is 2.35. The summed E-state index contributed by atoms with van der Waals surface area (Å²) in [5, 5.41) is 0. The minimum Gasteiger partial charge on any atom is -0.237 e. The van der Waals surface area contributed by atoms with Crippen molar-refractivity contribution in [1.82, 2.24) is 4.72 Å². The third-order valence-corrected chi connectivity index (χ3v) is 3.86. The van der Waals surface area contributed by atoms with Gasteiger partial charge < -0.3 is 0 Å². The lowest BCUT2D eigenvalue weighted by Gasteiger charge is -2.06. The van der Waals surface area contributed by atoms with Crippen LogP contribution in [0.2, 0.25) is 0 Å². The Labute approximate surface area is 111 Å². The smallest absolute Gasteiger partial charge is 0.125 e. The van der Waals surface area contributed by atoms with E-state index in [0.29, 0.717) is 6.54 Å². The molecule has 2 aromatic carbocycles. The second kappa shape index (κ2) is 6.47. The second-order valence-electron chi connectivity index (χ2n) is 4.08. The van der Waals surface area contributed by atoms with Crippen molar-refractivity contribution in [3.05, 3.63) is 65.7 Å². The van der Waals surface area contributed by atoms with Crippen molar-refractivity contribution in [2.24, 2.45) is 0 Å².